The summed E-state index contributed by atoms with van der Waals surface area (Å²) in [4.78, 5) is 28.7. The first-order valence-electron chi connectivity index (χ1n) is 8.71. The number of carbonyl (C=O) groups is 2. The van der Waals surface area contributed by atoms with Gasteiger partial charge in [0.2, 0.25) is 0 Å². The Morgan fingerprint density at radius 2 is 1.85 bits per heavy atom. The van der Waals surface area contributed by atoms with E-state index in [2.05, 4.69) is 29.5 Å². The van der Waals surface area contributed by atoms with Crippen LogP contribution in [-0.4, -0.2) is 16.8 Å². The van der Waals surface area contributed by atoms with Crippen molar-refractivity contribution in [2.24, 2.45) is 0 Å². The van der Waals surface area contributed by atoms with Crippen molar-refractivity contribution < 1.29 is 14.0 Å². The number of carbonyl (C=O) groups excluding carboxylic acids is 2. The molecule has 0 spiro atoms. The molecule has 0 aliphatic rings. The zero-order chi connectivity index (χ0) is 19.2. The Kier molecular flexibility index (Phi) is 5.66. The van der Waals surface area contributed by atoms with Gasteiger partial charge in [-0.25, -0.2) is 0 Å². The third-order valence-electron chi connectivity index (χ3n) is 4.09. The van der Waals surface area contributed by atoms with Crippen molar-refractivity contribution in [1.29, 1.82) is 0 Å². The number of hydrogen-bond acceptors (Lipinski definition) is 4. The van der Waals surface area contributed by atoms with Crippen LogP contribution in [-0.2, 0) is 6.54 Å². The topological polar surface area (TPSA) is 84.2 Å². The second kappa shape index (κ2) is 8.31. The van der Waals surface area contributed by atoms with Gasteiger partial charge in [-0.15, -0.1) is 0 Å². The maximum Gasteiger partial charge on any atom is 0.270 e. The molecular formula is C21H21N3O3. The maximum absolute atomic E-state index is 12.5. The summed E-state index contributed by atoms with van der Waals surface area (Å²) in [6.45, 7) is 4.48. The average molecular weight is 363 g/mol. The Morgan fingerprint density at radius 3 is 2.52 bits per heavy atom. The van der Waals surface area contributed by atoms with Gasteiger partial charge in [0.05, 0.1) is 12.8 Å². The van der Waals surface area contributed by atoms with E-state index in [1.165, 1.54) is 17.8 Å². The lowest BCUT2D eigenvalue weighted by molar-refractivity contribution is 0.0943. The Labute approximate surface area is 157 Å². The molecule has 0 bridgehead atoms. The summed E-state index contributed by atoms with van der Waals surface area (Å²) >= 11 is 0. The molecule has 0 saturated heterocycles. The molecule has 6 heteroatoms. The van der Waals surface area contributed by atoms with Crippen LogP contribution in [0.5, 0.6) is 0 Å². The third-order valence-corrected chi connectivity index (χ3v) is 4.09. The number of aromatic nitrogens is 1. The molecule has 0 saturated carbocycles. The SMILES string of the molecule is CC(C)c1ccc(NC(=O)c2ccnc(C(=O)NCc3ccco3)c2)cc1. The van der Waals surface area contributed by atoms with Crippen LogP contribution in [0, 0.1) is 0 Å². The summed E-state index contributed by atoms with van der Waals surface area (Å²) in [6.07, 6.45) is 2.98. The highest BCUT2D eigenvalue weighted by molar-refractivity contribution is 6.05. The van der Waals surface area contributed by atoms with Crippen molar-refractivity contribution in [3.8, 4) is 0 Å². The van der Waals surface area contributed by atoms with E-state index in [4.69, 9.17) is 4.42 Å². The molecule has 0 radical (unpaired) electrons. The van der Waals surface area contributed by atoms with E-state index in [9.17, 15) is 9.59 Å². The van der Waals surface area contributed by atoms with Crippen LogP contribution in [0.3, 0.4) is 0 Å². The van der Waals surface area contributed by atoms with Crippen molar-refractivity contribution in [2.75, 3.05) is 5.32 Å². The Bertz CT molecular complexity index is 916. The van der Waals surface area contributed by atoms with E-state index in [0.29, 0.717) is 22.9 Å². The second-order valence-corrected chi connectivity index (χ2v) is 6.42. The number of nitrogens with one attached hydrogen (secondary N) is 2. The minimum atomic E-state index is -0.373. The number of benzene rings is 1. The third kappa shape index (κ3) is 4.82. The van der Waals surface area contributed by atoms with Crippen molar-refractivity contribution in [3.05, 3.63) is 83.6 Å². The number of nitrogens with zero attached hydrogens (tertiary/aromatic N) is 1. The molecule has 1 aromatic carbocycles. The molecule has 0 aliphatic carbocycles. The first-order valence-corrected chi connectivity index (χ1v) is 8.71. The van der Waals surface area contributed by atoms with Crippen LogP contribution in [0.25, 0.3) is 0 Å². The summed E-state index contributed by atoms with van der Waals surface area (Å²) in [5.74, 6) is 0.399. The lowest BCUT2D eigenvalue weighted by Gasteiger charge is -2.09. The normalized spacial score (nSPS) is 10.6. The van der Waals surface area contributed by atoms with Crippen molar-refractivity contribution in [2.45, 2.75) is 26.3 Å². The zero-order valence-electron chi connectivity index (χ0n) is 15.2. The summed E-state index contributed by atoms with van der Waals surface area (Å²) in [6, 6.07) is 14.3. The van der Waals surface area contributed by atoms with Gasteiger partial charge in [-0.1, -0.05) is 26.0 Å². The van der Waals surface area contributed by atoms with Crippen LogP contribution in [0.4, 0.5) is 5.69 Å². The molecule has 2 aromatic heterocycles. The van der Waals surface area contributed by atoms with E-state index in [0.717, 1.165) is 0 Å². The summed E-state index contributed by atoms with van der Waals surface area (Å²) in [5, 5.41) is 5.54. The Balaban J connectivity index is 1.65. The van der Waals surface area contributed by atoms with Crippen LogP contribution in [0.2, 0.25) is 0 Å². The number of anilines is 1. The van der Waals surface area contributed by atoms with E-state index in [1.54, 1.807) is 24.5 Å². The van der Waals surface area contributed by atoms with Crippen LogP contribution < -0.4 is 10.6 Å². The summed E-state index contributed by atoms with van der Waals surface area (Å²) < 4.78 is 5.17. The molecule has 6 nitrogen and oxygen atoms in total. The van der Waals surface area contributed by atoms with Gasteiger partial charge in [-0.3, -0.25) is 14.6 Å². The minimum absolute atomic E-state index is 0.171. The Morgan fingerprint density at radius 1 is 1.07 bits per heavy atom. The molecule has 3 aromatic rings. The second-order valence-electron chi connectivity index (χ2n) is 6.42. The highest BCUT2D eigenvalue weighted by Crippen LogP contribution is 2.17. The smallest absolute Gasteiger partial charge is 0.270 e. The van der Waals surface area contributed by atoms with Crippen molar-refractivity contribution in [3.63, 3.8) is 0 Å². The van der Waals surface area contributed by atoms with Crippen molar-refractivity contribution >= 4 is 17.5 Å². The number of furan rings is 1. The van der Waals surface area contributed by atoms with Crippen LogP contribution in [0.15, 0.2) is 65.4 Å². The predicted octanol–water partition coefficient (Wildman–Crippen LogP) is 3.98. The number of rotatable bonds is 6. The molecule has 0 unspecified atom stereocenters. The minimum Gasteiger partial charge on any atom is -0.467 e. The molecule has 2 heterocycles. The van der Waals surface area contributed by atoms with E-state index < -0.39 is 0 Å². The van der Waals surface area contributed by atoms with Crippen LogP contribution >= 0.6 is 0 Å². The molecule has 0 aliphatic heterocycles. The molecule has 0 atom stereocenters. The number of hydrogen-bond donors (Lipinski definition) is 2. The fourth-order valence-corrected chi connectivity index (χ4v) is 2.52. The molecule has 0 fully saturated rings. The highest BCUT2D eigenvalue weighted by Gasteiger charge is 2.12. The first-order chi connectivity index (χ1) is 13.0. The van der Waals surface area contributed by atoms with Gasteiger partial charge >= 0.3 is 0 Å². The standard InChI is InChI=1S/C21H21N3O3/c1-14(2)15-5-7-17(8-6-15)24-20(25)16-9-10-22-19(12-16)21(26)23-13-18-4-3-11-27-18/h3-12,14H,13H2,1-2H3,(H,23,26)(H,24,25). The zero-order valence-corrected chi connectivity index (χ0v) is 15.2. The van der Waals surface area contributed by atoms with Gasteiger partial charge in [0.1, 0.15) is 11.5 Å². The maximum atomic E-state index is 12.5. The fraction of sp³-hybridized carbons (Fsp3) is 0.190. The van der Waals surface area contributed by atoms with Gasteiger partial charge in [0, 0.05) is 17.4 Å². The number of pyridine rings is 1. The largest absolute Gasteiger partial charge is 0.467 e. The summed E-state index contributed by atoms with van der Waals surface area (Å²) in [7, 11) is 0. The van der Waals surface area contributed by atoms with E-state index >= 15 is 0 Å². The van der Waals surface area contributed by atoms with Gasteiger partial charge in [0.15, 0.2) is 0 Å². The van der Waals surface area contributed by atoms with Gasteiger partial charge < -0.3 is 15.1 Å². The molecular weight excluding hydrogens is 342 g/mol. The predicted molar refractivity (Wildman–Crippen MR) is 103 cm³/mol. The van der Waals surface area contributed by atoms with Gasteiger partial charge in [-0.2, -0.15) is 0 Å². The van der Waals surface area contributed by atoms with Gasteiger partial charge in [0.25, 0.3) is 11.8 Å². The Hall–Kier alpha value is -3.41. The fourth-order valence-electron chi connectivity index (χ4n) is 2.52. The number of amides is 2. The summed E-state index contributed by atoms with van der Waals surface area (Å²) in [5.41, 5.74) is 2.43. The van der Waals surface area contributed by atoms with E-state index in [-0.39, 0.29) is 24.1 Å². The van der Waals surface area contributed by atoms with Gasteiger partial charge in [-0.05, 0) is 47.9 Å². The monoisotopic (exact) mass is 363 g/mol. The molecule has 27 heavy (non-hydrogen) atoms. The molecule has 138 valence electrons. The molecule has 3 rings (SSSR count). The lowest BCUT2D eigenvalue weighted by atomic mass is 10.0. The average Bonchev–Trinajstić information content (AvgIpc) is 3.20. The highest BCUT2D eigenvalue weighted by atomic mass is 16.3. The first kappa shape index (κ1) is 18.4. The lowest BCUT2D eigenvalue weighted by Crippen LogP contribution is -2.24. The molecule has 2 N–H and O–H groups in total. The quantitative estimate of drug-likeness (QED) is 0.694. The van der Waals surface area contributed by atoms with Crippen molar-refractivity contribution in [1.82, 2.24) is 10.3 Å². The van der Waals surface area contributed by atoms with E-state index in [1.807, 2.05) is 24.3 Å². The molecule has 2 amide bonds. The van der Waals surface area contributed by atoms with Crippen LogP contribution in [0.1, 0.15) is 51.9 Å².